The predicted molar refractivity (Wildman–Crippen MR) is 44.1 cm³/mol. The van der Waals surface area contributed by atoms with E-state index in [1.165, 1.54) is 0 Å². The Kier molecular flexibility index (Phi) is 12.5. The molecule has 0 bridgehead atoms. The minimum atomic E-state index is 0.555. The van der Waals surface area contributed by atoms with E-state index in [4.69, 9.17) is 5.41 Å². The monoisotopic (exact) mass is 125 g/mol. The van der Waals surface area contributed by atoms with Gasteiger partial charge in [0.15, 0.2) is 0 Å². The molecule has 0 aromatic carbocycles. The van der Waals surface area contributed by atoms with Crippen LogP contribution < -0.4 is 0 Å². The van der Waals surface area contributed by atoms with Crippen molar-refractivity contribution in [1.29, 1.82) is 5.41 Å². The van der Waals surface area contributed by atoms with Gasteiger partial charge >= 0.3 is 0 Å². The molecule has 0 aromatic heterocycles. The maximum Gasteiger partial charge on any atom is 0.0282 e. The van der Waals surface area contributed by atoms with Crippen molar-refractivity contribution in [3.63, 3.8) is 0 Å². The Hall–Kier alpha value is -0.850. The first-order valence-electron chi connectivity index (χ1n) is 3.11. The first-order valence-corrected chi connectivity index (χ1v) is 3.11. The summed E-state index contributed by atoms with van der Waals surface area (Å²) in [6.07, 6.45) is 5.08. The molecule has 0 unspecified atom stereocenters. The number of rotatable bonds is 2. The highest BCUT2D eigenvalue weighted by atomic mass is 14.4. The summed E-state index contributed by atoms with van der Waals surface area (Å²) in [5.74, 6) is 0. The summed E-state index contributed by atoms with van der Waals surface area (Å²) < 4.78 is 0. The average molecular weight is 125 g/mol. The molecule has 0 rings (SSSR count). The van der Waals surface area contributed by atoms with Crippen molar-refractivity contribution in [1.82, 2.24) is 0 Å². The molecule has 0 saturated heterocycles. The Morgan fingerprint density at radius 1 is 1.44 bits per heavy atom. The molecule has 0 atom stereocenters. The zero-order chi connectivity index (χ0) is 7.70. The lowest BCUT2D eigenvalue weighted by atomic mass is 10.4. The van der Waals surface area contributed by atoms with Gasteiger partial charge in [0.2, 0.25) is 0 Å². The third-order valence-corrected chi connectivity index (χ3v) is 0.482. The van der Waals surface area contributed by atoms with Gasteiger partial charge in [-0.05, 0) is 13.0 Å². The molecule has 1 N–H and O–H groups in total. The molecule has 52 valence electrons. The molecule has 1 heteroatoms. The van der Waals surface area contributed by atoms with Gasteiger partial charge in [-0.1, -0.05) is 32.6 Å². The normalized spacial score (nSPS) is 7.89. The molecule has 1 nitrogen and oxygen atoms in total. The molecule has 0 aliphatic rings. The van der Waals surface area contributed by atoms with Crippen molar-refractivity contribution in [2.45, 2.75) is 20.8 Å². The molecule has 0 amide bonds. The van der Waals surface area contributed by atoms with Gasteiger partial charge in [-0.2, -0.15) is 0 Å². The first-order chi connectivity index (χ1) is 4.27. The van der Waals surface area contributed by atoms with Crippen LogP contribution in [0.25, 0.3) is 0 Å². The van der Waals surface area contributed by atoms with Gasteiger partial charge in [-0.25, -0.2) is 0 Å². The van der Waals surface area contributed by atoms with Gasteiger partial charge in [-0.3, -0.25) is 0 Å². The van der Waals surface area contributed by atoms with Crippen LogP contribution in [-0.2, 0) is 0 Å². The quantitative estimate of drug-likeness (QED) is 0.433. The van der Waals surface area contributed by atoms with Crippen molar-refractivity contribution >= 4 is 5.71 Å². The van der Waals surface area contributed by atoms with Crippen LogP contribution in [0, 0.1) is 5.41 Å². The number of nitrogens with one attached hydrogen (secondary N) is 1. The van der Waals surface area contributed by atoms with E-state index in [0.29, 0.717) is 5.71 Å². The lowest BCUT2D eigenvalue weighted by molar-refractivity contribution is 1.50. The molecule has 0 saturated carbocycles. The SMILES string of the molecule is C=C/C=C\C(C)=N.CC. The second kappa shape index (κ2) is 10.2. The van der Waals surface area contributed by atoms with Gasteiger partial charge in [0, 0.05) is 5.71 Å². The fourth-order valence-electron chi connectivity index (χ4n) is 0.212. The molecule has 9 heavy (non-hydrogen) atoms. The standard InChI is InChI=1S/C6H9N.C2H6/c1-3-4-5-6(2)7;1-2/h3-5,7H,1H2,2H3;1-2H3/b5-4-,7-6?;. The van der Waals surface area contributed by atoms with Gasteiger partial charge < -0.3 is 5.41 Å². The highest BCUT2D eigenvalue weighted by Gasteiger charge is 1.68. The van der Waals surface area contributed by atoms with Crippen LogP contribution in [0.3, 0.4) is 0 Å². The van der Waals surface area contributed by atoms with E-state index in [1.807, 2.05) is 13.8 Å². The molecule has 0 aliphatic carbocycles. The summed E-state index contributed by atoms with van der Waals surface area (Å²) >= 11 is 0. The molecular weight excluding hydrogens is 110 g/mol. The third kappa shape index (κ3) is 19.1. The van der Waals surface area contributed by atoms with Crippen molar-refractivity contribution in [2.24, 2.45) is 0 Å². The van der Waals surface area contributed by atoms with Crippen LogP contribution >= 0.6 is 0 Å². The van der Waals surface area contributed by atoms with E-state index in [0.717, 1.165) is 0 Å². The van der Waals surface area contributed by atoms with Crippen molar-refractivity contribution in [3.8, 4) is 0 Å². The summed E-state index contributed by atoms with van der Waals surface area (Å²) in [5, 5.41) is 6.86. The highest BCUT2D eigenvalue weighted by molar-refractivity contribution is 5.90. The molecule has 0 spiro atoms. The van der Waals surface area contributed by atoms with E-state index >= 15 is 0 Å². The topological polar surface area (TPSA) is 23.9 Å². The predicted octanol–water partition coefficient (Wildman–Crippen LogP) is 2.79. The zero-order valence-electron chi connectivity index (χ0n) is 6.44. The van der Waals surface area contributed by atoms with Crippen molar-refractivity contribution in [3.05, 3.63) is 24.8 Å². The summed E-state index contributed by atoms with van der Waals surface area (Å²) in [7, 11) is 0. The first kappa shape index (κ1) is 11.0. The fraction of sp³-hybridized carbons (Fsp3) is 0.375. The summed E-state index contributed by atoms with van der Waals surface area (Å²) in [5.41, 5.74) is 0.555. The largest absolute Gasteiger partial charge is 0.306 e. The molecule has 0 aliphatic heterocycles. The second-order valence-corrected chi connectivity index (χ2v) is 1.28. The van der Waals surface area contributed by atoms with Crippen LogP contribution in [0.15, 0.2) is 24.8 Å². The molecule has 0 heterocycles. The van der Waals surface area contributed by atoms with Crippen LogP contribution in [-0.4, -0.2) is 5.71 Å². The Morgan fingerprint density at radius 2 is 1.89 bits per heavy atom. The van der Waals surface area contributed by atoms with Gasteiger partial charge in [0.1, 0.15) is 0 Å². The summed E-state index contributed by atoms with van der Waals surface area (Å²) in [4.78, 5) is 0. The Balaban J connectivity index is 0. The number of allylic oxidation sites excluding steroid dienone is 3. The smallest absolute Gasteiger partial charge is 0.0282 e. The Morgan fingerprint density at radius 3 is 2.00 bits per heavy atom. The van der Waals surface area contributed by atoms with Crippen LogP contribution in [0.4, 0.5) is 0 Å². The van der Waals surface area contributed by atoms with E-state index in [2.05, 4.69) is 6.58 Å². The van der Waals surface area contributed by atoms with E-state index in [1.54, 1.807) is 25.2 Å². The van der Waals surface area contributed by atoms with Crippen LogP contribution in [0.1, 0.15) is 20.8 Å². The maximum absolute atomic E-state index is 6.86. The van der Waals surface area contributed by atoms with E-state index in [-0.39, 0.29) is 0 Å². The molecule has 0 fully saturated rings. The summed E-state index contributed by atoms with van der Waals surface area (Å²) in [6, 6.07) is 0. The lowest BCUT2D eigenvalue weighted by Crippen LogP contribution is -1.74. The highest BCUT2D eigenvalue weighted by Crippen LogP contribution is 1.73. The Labute approximate surface area is 57.6 Å². The molecule has 0 aromatic rings. The molecule has 0 radical (unpaired) electrons. The Bertz CT molecular complexity index is 101. The fourth-order valence-corrected chi connectivity index (χ4v) is 0.212. The van der Waals surface area contributed by atoms with Crippen LogP contribution in [0.2, 0.25) is 0 Å². The van der Waals surface area contributed by atoms with Crippen molar-refractivity contribution in [2.75, 3.05) is 0 Å². The minimum Gasteiger partial charge on any atom is -0.306 e. The van der Waals surface area contributed by atoms with E-state index in [9.17, 15) is 0 Å². The maximum atomic E-state index is 6.86. The van der Waals surface area contributed by atoms with Gasteiger partial charge in [-0.15, -0.1) is 0 Å². The van der Waals surface area contributed by atoms with Crippen LogP contribution in [0.5, 0.6) is 0 Å². The van der Waals surface area contributed by atoms with E-state index < -0.39 is 0 Å². The molecular formula is C8H15N. The lowest BCUT2D eigenvalue weighted by Gasteiger charge is -1.74. The van der Waals surface area contributed by atoms with Crippen molar-refractivity contribution < 1.29 is 0 Å². The van der Waals surface area contributed by atoms with Gasteiger partial charge in [0.25, 0.3) is 0 Å². The van der Waals surface area contributed by atoms with Gasteiger partial charge in [0.05, 0.1) is 0 Å². The average Bonchev–Trinajstić information content (AvgIpc) is 1.88. The number of hydrogen-bond donors (Lipinski definition) is 1. The minimum absolute atomic E-state index is 0.555. The number of hydrogen-bond acceptors (Lipinski definition) is 1. The zero-order valence-corrected chi connectivity index (χ0v) is 6.44. The third-order valence-electron chi connectivity index (χ3n) is 0.482. The summed E-state index contributed by atoms with van der Waals surface area (Å²) in [6.45, 7) is 9.17. The second-order valence-electron chi connectivity index (χ2n) is 1.28.